The van der Waals surface area contributed by atoms with Gasteiger partial charge in [-0.3, -0.25) is 4.79 Å². The Bertz CT molecular complexity index is 842. The highest BCUT2D eigenvalue weighted by atomic mass is 16.5. The molecular weight excluding hydrogens is 416 g/mol. The lowest BCUT2D eigenvalue weighted by atomic mass is 9.47. The van der Waals surface area contributed by atoms with Gasteiger partial charge in [0.05, 0.1) is 0 Å². The molecule has 5 aliphatic carbocycles. The van der Waals surface area contributed by atoms with Crippen LogP contribution in [0.1, 0.15) is 113 Å². The molecule has 11 atom stereocenters. The third kappa shape index (κ3) is 3.66. The highest BCUT2D eigenvalue weighted by Crippen LogP contribution is 2.71. The van der Waals surface area contributed by atoms with Crippen molar-refractivity contribution in [3.63, 3.8) is 0 Å². The van der Waals surface area contributed by atoms with Crippen molar-refractivity contribution < 1.29 is 9.53 Å². The summed E-state index contributed by atoms with van der Waals surface area (Å²) in [5.74, 6) is 6.87. The number of carbonyl (C=O) groups excluding carboxylic acids is 1. The third-order valence-corrected chi connectivity index (χ3v) is 13.1. The first-order chi connectivity index (χ1) is 15.9. The summed E-state index contributed by atoms with van der Waals surface area (Å²) in [5, 5.41) is 0. The Kier molecular flexibility index (Phi) is 6.13. The van der Waals surface area contributed by atoms with E-state index >= 15 is 0 Å². The van der Waals surface area contributed by atoms with Crippen molar-refractivity contribution >= 4 is 5.97 Å². The summed E-state index contributed by atoms with van der Waals surface area (Å²) in [7, 11) is 0. The van der Waals surface area contributed by atoms with Crippen molar-refractivity contribution in [3.8, 4) is 0 Å². The molecule has 0 aromatic carbocycles. The molecule has 2 heteroatoms. The van der Waals surface area contributed by atoms with E-state index in [2.05, 4.69) is 54.5 Å². The van der Waals surface area contributed by atoms with E-state index in [1.165, 1.54) is 44.9 Å². The lowest BCUT2D eigenvalue weighted by molar-refractivity contribution is -0.148. The molecule has 0 amide bonds. The van der Waals surface area contributed by atoms with Crippen LogP contribution in [-0.2, 0) is 9.53 Å². The van der Waals surface area contributed by atoms with Gasteiger partial charge in [-0.25, -0.2) is 0 Å². The molecule has 0 saturated heterocycles. The van der Waals surface area contributed by atoms with Crippen LogP contribution >= 0.6 is 0 Å². The Labute approximate surface area is 210 Å². The van der Waals surface area contributed by atoms with Crippen molar-refractivity contribution in [1.82, 2.24) is 0 Å². The predicted molar refractivity (Wildman–Crippen MR) is 140 cm³/mol. The molecule has 2 nitrogen and oxygen atoms in total. The van der Waals surface area contributed by atoms with Crippen LogP contribution in [0.4, 0.5) is 0 Å². The van der Waals surface area contributed by atoms with Gasteiger partial charge in [-0.15, -0.1) is 0 Å². The number of fused-ring (bicyclic) bond motifs is 5. The summed E-state index contributed by atoms with van der Waals surface area (Å²) in [6, 6.07) is 0. The quantitative estimate of drug-likeness (QED) is 0.299. The average molecular weight is 469 g/mol. The monoisotopic (exact) mass is 468 g/mol. The molecule has 0 aliphatic heterocycles. The van der Waals surface area contributed by atoms with E-state index in [0.717, 1.165) is 60.2 Å². The molecule has 4 saturated carbocycles. The van der Waals surface area contributed by atoms with E-state index in [4.69, 9.17) is 4.74 Å². The van der Waals surface area contributed by atoms with E-state index in [0.29, 0.717) is 16.2 Å². The van der Waals surface area contributed by atoms with Crippen LogP contribution in [0.5, 0.6) is 0 Å². The summed E-state index contributed by atoms with van der Waals surface area (Å²) >= 11 is 0. The van der Waals surface area contributed by atoms with Gasteiger partial charge in [0.25, 0.3) is 0 Å². The molecule has 0 aromatic heterocycles. The van der Waals surface area contributed by atoms with Crippen molar-refractivity contribution in [3.05, 3.63) is 11.6 Å². The highest BCUT2D eigenvalue weighted by Gasteiger charge is 2.63. The zero-order chi connectivity index (χ0) is 24.6. The number of allylic oxidation sites excluding steroid dienone is 1. The van der Waals surface area contributed by atoms with Crippen LogP contribution in [-0.4, -0.2) is 12.1 Å². The predicted octanol–water partition coefficient (Wildman–Crippen LogP) is 8.45. The Morgan fingerprint density at radius 1 is 0.971 bits per heavy atom. The van der Waals surface area contributed by atoms with Crippen LogP contribution in [0, 0.1) is 63.6 Å². The number of hydrogen-bond donors (Lipinski definition) is 0. The standard InChI is InChI=1S/C32H52O2/c1-19(2)21(4)32(8)18-29(32)20(3)26-11-12-27-25-10-9-23-17-24(34-22(5)33)13-15-30(23,6)28(25)14-16-31(26,27)7/h9,19-21,24-29H,10-18H2,1-8H3. The Morgan fingerprint density at radius 3 is 2.38 bits per heavy atom. The molecule has 0 radical (unpaired) electrons. The van der Waals surface area contributed by atoms with Gasteiger partial charge < -0.3 is 4.74 Å². The fraction of sp³-hybridized carbons (Fsp3) is 0.906. The van der Waals surface area contributed by atoms with Crippen molar-refractivity contribution in [2.75, 3.05) is 0 Å². The van der Waals surface area contributed by atoms with Gasteiger partial charge in [0, 0.05) is 13.3 Å². The van der Waals surface area contributed by atoms with Crippen LogP contribution in [0.2, 0.25) is 0 Å². The van der Waals surface area contributed by atoms with Gasteiger partial charge >= 0.3 is 5.97 Å². The fourth-order valence-corrected chi connectivity index (χ4v) is 10.6. The van der Waals surface area contributed by atoms with Gasteiger partial charge in [-0.1, -0.05) is 60.1 Å². The lowest BCUT2D eigenvalue weighted by Gasteiger charge is -2.58. The number of esters is 1. The topological polar surface area (TPSA) is 26.3 Å². The number of ether oxygens (including phenoxy) is 1. The first kappa shape index (κ1) is 24.9. The average Bonchev–Trinajstić information content (AvgIpc) is 3.34. The van der Waals surface area contributed by atoms with E-state index in [9.17, 15) is 4.79 Å². The van der Waals surface area contributed by atoms with Crippen LogP contribution in [0.15, 0.2) is 11.6 Å². The minimum atomic E-state index is -0.114. The second-order valence-corrected chi connectivity index (χ2v) is 14.7. The van der Waals surface area contributed by atoms with Crippen molar-refractivity contribution in [2.24, 2.45) is 63.6 Å². The smallest absolute Gasteiger partial charge is 0.302 e. The Balaban J connectivity index is 1.32. The maximum absolute atomic E-state index is 11.5. The molecule has 34 heavy (non-hydrogen) atoms. The fourth-order valence-electron chi connectivity index (χ4n) is 10.6. The van der Waals surface area contributed by atoms with Crippen LogP contribution in [0.3, 0.4) is 0 Å². The molecule has 0 spiro atoms. The summed E-state index contributed by atoms with van der Waals surface area (Å²) in [6.07, 6.45) is 14.5. The molecule has 0 heterocycles. The maximum Gasteiger partial charge on any atom is 0.302 e. The second-order valence-electron chi connectivity index (χ2n) is 14.7. The maximum atomic E-state index is 11.5. The third-order valence-electron chi connectivity index (χ3n) is 13.1. The number of carbonyl (C=O) groups is 1. The first-order valence-electron chi connectivity index (χ1n) is 14.8. The van der Waals surface area contributed by atoms with Gasteiger partial charge in [0.1, 0.15) is 6.10 Å². The van der Waals surface area contributed by atoms with Gasteiger partial charge in [0.2, 0.25) is 0 Å². The molecule has 0 aromatic rings. The normalized spacial score (nSPS) is 49.4. The summed E-state index contributed by atoms with van der Waals surface area (Å²) in [5.41, 5.74) is 3.08. The minimum Gasteiger partial charge on any atom is -0.462 e. The zero-order valence-electron chi connectivity index (χ0n) is 23.5. The summed E-state index contributed by atoms with van der Waals surface area (Å²) < 4.78 is 5.64. The molecule has 4 fully saturated rings. The SMILES string of the molecule is CC(=O)OC1CCC2(C)C(=CCC3C2CCC2(C)C(C(C)C4CC4(C)C(C)C(C)C)CCC32)C1. The lowest BCUT2D eigenvalue weighted by Crippen LogP contribution is -2.51. The second kappa shape index (κ2) is 8.37. The van der Waals surface area contributed by atoms with E-state index in [1.54, 1.807) is 12.5 Å². The van der Waals surface area contributed by atoms with Crippen LogP contribution < -0.4 is 0 Å². The van der Waals surface area contributed by atoms with Crippen molar-refractivity contribution in [2.45, 2.75) is 119 Å². The first-order valence-corrected chi connectivity index (χ1v) is 14.8. The minimum absolute atomic E-state index is 0.111. The molecule has 5 aliphatic rings. The van der Waals surface area contributed by atoms with Crippen LogP contribution in [0.25, 0.3) is 0 Å². The number of rotatable bonds is 5. The molecule has 192 valence electrons. The molecule has 0 N–H and O–H groups in total. The van der Waals surface area contributed by atoms with E-state index < -0.39 is 0 Å². The number of hydrogen-bond acceptors (Lipinski definition) is 2. The van der Waals surface area contributed by atoms with Gasteiger partial charge in [-0.05, 0) is 115 Å². The molecule has 5 rings (SSSR count). The molecule has 11 unspecified atom stereocenters. The molecule has 0 bridgehead atoms. The Hall–Kier alpha value is -0.790. The van der Waals surface area contributed by atoms with Gasteiger partial charge in [-0.2, -0.15) is 0 Å². The molecular formula is C32H52O2. The highest BCUT2D eigenvalue weighted by molar-refractivity contribution is 5.66. The Morgan fingerprint density at radius 2 is 1.71 bits per heavy atom. The van der Waals surface area contributed by atoms with Gasteiger partial charge in [0.15, 0.2) is 0 Å². The van der Waals surface area contributed by atoms with Crippen molar-refractivity contribution in [1.29, 1.82) is 0 Å². The zero-order valence-corrected chi connectivity index (χ0v) is 23.5. The summed E-state index contributed by atoms with van der Waals surface area (Å²) in [6.45, 7) is 19.5. The van der Waals surface area contributed by atoms with E-state index in [-0.39, 0.29) is 12.1 Å². The van der Waals surface area contributed by atoms with E-state index in [1.807, 2.05) is 0 Å². The summed E-state index contributed by atoms with van der Waals surface area (Å²) in [4.78, 5) is 11.5. The largest absolute Gasteiger partial charge is 0.462 e.